The molecule has 0 atom stereocenters. The number of aromatic nitrogens is 1. The first kappa shape index (κ1) is 15.2. The van der Waals surface area contributed by atoms with Gasteiger partial charge in [0.1, 0.15) is 11.6 Å². The number of nitrogens with zero attached hydrogens (tertiary/aromatic N) is 2. The molecule has 1 aromatic heterocycles. The van der Waals surface area contributed by atoms with E-state index >= 15 is 0 Å². The van der Waals surface area contributed by atoms with Crippen LogP contribution in [0.3, 0.4) is 0 Å². The number of hydrogen-bond acceptors (Lipinski definition) is 5. The largest absolute Gasteiger partial charge is 0.478 e. The molecule has 0 bridgehead atoms. The average molecular weight is 321 g/mol. The van der Waals surface area contributed by atoms with Crippen LogP contribution < -0.4 is 5.32 Å². The summed E-state index contributed by atoms with van der Waals surface area (Å²) in [4.78, 5) is 26.7. The van der Waals surface area contributed by atoms with Gasteiger partial charge in [0, 0.05) is 18.2 Å². The number of nitrogens with one attached hydrogen (secondary N) is 1. The highest BCUT2D eigenvalue weighted by atomic mass is 16.4. The molecule has 2 N–H and O–H groups in total. The lowest BCUT2D eigenvalue weighted by Gasteiger charge is -2.00. The van der Waals surface area contributed by atoms with Crippen molar-refractivity contribution in [1.82, 2.24) is 4.98 Å². The Hall–Kier alpha value is -3.66. The highest BCUT2D eigenvalue weighted by Crippen LogP contribution is 2.27. The molecule has 7 heteroatoms. The molecule has 0 unspecified atom stereocenters. The van der Waals surface area contributed by atoms with E-state index in [4.69, 9.17) is 9.68 Å². The quantitative estimate of drug-likeness (QED) is 0.766. The normalized spacial score (nSPS) is 10.3. The summed E-state index contributed by atoms with van der Waals surface area (Å²) in [5.74, 6) is -1.16. The molecule has 0 aliphatic carbocycles. The van der Waals surface area contributed by atoms with Crippen molar-refractivity contribution in [1.29, 1.82) is 5.26 Å². The van der Waals surface area contributed by atoms with Gasteiger partial charge in [-0.2, -0.15) is 5.26 Å². The van der Waals surface area contributed by atoms with E-state index < -0.39 is 5.97 Å². The molecule has 0 saturated heterocycles. The van der Waals surface area contributed by atoms with Crippen molar-refractivity contribution in [3.8, 4) is 17.5 Å². The van der Waals surface area contributed by atoms with Crippen molar-refractivity contribution in [3.05, 3.63) is 47.5 Å². The minimum absolute atomic E-state index is 0.0651. The Labute approximate surface area is 136 Å². The first-order valence-electron chi connectivity index (χ1n) is 6.94. The number of carboxylic acid groups (broad SMARTS) is 1. The number of carbonyl (C=O) groups is 2. The van der Waals surface area contributed by atoms with Crippen LogP contribution in [0.5, 0.6) is 0 Å². The maximum Gasteiger partial charge on any atom is 0.337 e. The van der Waals surface area contributed by atoms with E-state index in [2.05, 4.69) is 10.3 Å². The minimum Gasteiger partial charge on any atom is -0.478 e. The molecule has 2 aromatic carbocycles. The van der Waals surface area contributed by atoms with Crippen molar-refractivity contribution < 1.29 is 19.1 Å². The fourth-order valence-corrected chi connectivity index (χ4v) is 2.28. The lowest BCUT2D eigenvalue weighted by atomic mass is 10.0. The maximum atomic E-state index is 11.2. The summed E-state index contributed by atoms with van der Waals surface area (Å²) in [6, 6.07) is 11.2. The third-order valence-corrected chi connectivity index (χ3v) is 3.33. The number of nitriles is 1. The number of fused-ring (bicyclic) bond motifs is 1. The predicted octanol–water partition coefficient (Wildman–Crippen LogP) is 3.02. The lowest BCUT2D eigenvalue weighted by molar-refractivity contribution is -0.114. The van der Waals surface area contributed by atoms with Gasteiger partial charge in [0.05, 0.1) is 11.1 Å². The molecule has 3 aromatic rings. The zero-order chi connectivity index (χ0) is 17.3. The zero-order valence-corrected chi connectivity index (χ0v) is 12.5. The molecule has 0 saturated carbocycles. The summed E-state index contributed by atoms with van der Waals surface area (Å²) in [5, 5.41) is 20.8. The van der Waals surface area contributed by atoms with Crippen molar-refractivity contribution >= 4 is 28.7 Å². The highest BCUT2D eigenvalue weighted by Gasteiger charge is 2.15. The Morgan fingerprint density at radius 2 is 2.04 bits per heavy atom. The van der Waals surface area contributed by atoms with Gasteiger partial charge in [0.15, 0.2) is 5.58 Å². The number of aromatic carboxylic acids is 1. The third kappa shape index (κ3) is 2.80. The van der Waals surface area contributed by atoms with E-state index in [9.17, 15) is 14.7 Å². The van der Waals surface area contributed by atoms with Gasteiger partial charge < -0.3 is 14.8 Å². The SMILES string of the molecule is CC(=O)Nc1ccc2oc(-c3ccc(C#N)c(C(=O)O)c3)nc2c1. The number of oxazole rings is 1. The van der Waals surface area contributed by atoms with Crippen molar-refractivity contribution in [3.63, 3.8) is 0 Å². The van der Waals surface area contributed by atoms with Gasteiger partial charge in [0.25, 0.3) is 0 Å². The number of carboxylic acids is 1. The molecule has 1 amide bonds. The van der Waals surface area contributed by atoms with Gasteiger partial charge in [-0.3, -0.25) is 4.79 Å². The molecule has 0 fully saturated rings. The standard InChI is InChI=1S/C17H11N3O4/c1-9(21)19-12-4-5-15-14(7-12)20-16(24-15)10-2-3-11(8-18)13(6-10)17(22)23/h2-7H,1H3,(H,19,21)(H,22,23). The van der Waals surface area contributed by atoms with Crippen LogP contribution in [0.25, 0.3) is 22.6 Å². The van der Waals surface area contributed by atoms with Crippen LogP contribution in [0, 0.1) is 11.3 Å². The van der Waals surface area contributed by atoms with Crippen LogP contribution in [0.15, 0.2) is 40.8 Å². The molecular formula is C17H11N3O4. The molecule has 3 rings (SSSR count). The van der Waals surface area contributed by atoms with Crippen molar-refractivity contribution in [2.24, 2.45) is 0 Å². The molecule has 24 heavy (non-hydrogen) atoms. The second kappa shape index (κ2) is 5.85. The molecule has 0 spiro atoms. The van der Waals surface area contributed by atoms with Crippen LogP contribution in [0.2, 0.25) is 0 Å². The molecule has 118 valence electrons. The minimum atomic E-state index is -1.20. The molecule has 0 aliphatic heterocycles. The molecule has 0 radical (unpaired) electrons. The Morgan fingerprint density at radius 3 is 2.71 bits per heavy atom. The molecule has 7 nitrogen and oxygen atoms in total. The van der Waals surface area contributed by atoms with Crippen LogP contribution in [-0.4, -0.2) is 22.0 Å². The van der Waals surface area contributed by atoms with Gasteiger partial charge >= 0.3 is 5.97 Å². The second-order valence-electron chi connectivity index (χ2n) is 5.06. The fourth-order valence-electron chi connectivity index (χ4n) is 2.28. The Kier molecular flexibility index (Phi) is 3.72. The van der Waals surface area contributed by atoms with Crippen LogP contribution >= 0.6 is 0 Å². The van der Waals surface area contributed by atoms with E-state index in [-0.39, 0.29) is 22.9 Å². The Bertz CT molecular complexity index is 1010. The first-order chi connectivity index (χ1) is 11.5. The van der Waals surface area contributed by atoms with E-state index in [1.807, 2.05) is 6.07 Å². The number of carbonyl (C=O) groups excluding carboxylic acids is 1. The Morgan fingerprint density at radius 1 is 1.25 bits per heavy atom. The molecule has 1 heterocycles. The van der Waals surface area contributed by atoms with Gasteiger partial charge in [-0.05, 0) is 36.4 Å². The van der Waals surface area contributed by atoms with E-state index in [0.717, 1.165) is 0 Å². The van der Waals surface area contributed by atoms with Crippen LogP contribution in [-0.2, 0) is 4.79 Å². The fraction of sp³-hybridized carbons (Fsp3) is 0.0588. The van der Waals surface area contributed by atoms with Crippen molar-refractivity contribution in [2.75, 3.05) is 5.32 Å². The van der Waals surface area contributed by atoms with Gasteiger partial charge in [0.2, 0.25) is 11.8 Å². The number of amides is 1. The number of benzene rings is 2. The summed E-state index contributed by atoms with van der Waals surface area (Å²) >= 11 is 0. The first-order valence-corrected chi connectivity index (χ1v) is 6.94. The summed E-state index contributed by atoms with van der Waals surface area (Å²) in [5.41, 5.74) is 2.01. The third-order valence-electron chi connectivity index (χ3n) is 3.33. The van der Waals surface area contributed by atoms with Gasteiger partial charge in [-0.1, -0.05) is 0 Å². The van der Waals surface area contributed by atoms with Gasteiger partial charge in [-0.15, -0.1) is 0 Å². The van der Waals surface area contributed by atoms with E-state index in [0.29, 0.717) is 22.4 Å². The highest BCUT2D eigenvalue weighted by molar-refractivity contribution is 5.93. The lowest BCUT2D eigenvalue weighted by Crippen LogP contribution is -2.05. The van der Waals surface area contributed by atoms with E-state index in [1.165, 1.54) is 19.1 Å². The zero-order valence-electron chi connectivity index (χ0n) is 12.5. The van der Waals surface area contributed by atoms with Crippen LogP contribution in [0.4, 0.5) is 5.69 Å². The summed E-state index contributed by atoms with van der Waals surface area (Å²) in [6.07, 6.45) is 0. The average Bonchev–Trinajstić information content (AvgIpc) is 2.96. The summed E-state index contributed by atoms with van der Waals surface area (Å²) < 4.78 is 5.62. The maximum absolute atomic E-state index is 11.2. The van der Waals surface area contributed by atoms with Crippen LogP contribution in [0.1, 0.15) is 22.8 Å². The number of rotatable bonds is 3. The van der Waals surface area contributed by atoms with E-state index in [1.54, 1.807) is 24.3 Å². The second-order valence-corrected chi connectivity index (χ2v) is 5.06. The number of anilines is 1. The van der Waals surface area contributed by atoms with Crippen molar-refractivity contribution in [2.45, 2.75) is 6.92 Å². The summed E-state index contributed by atoms with van der Waals surface area (Å²) in [7, 11) is 0. The predicted molar refractivity (Wildman–Crippen MR) is 85.4 cm³/mol. The number of hydrogen-bond donors (Lipinski definition) is 2. The summed E-state index contributed by atoms with van der Waals surface area (Å²) in [6.45, 7) is 1.41. The monoisotopic (exact) mass is 321 g/mol. The molecular weight excluding hydrogens is 310 g/mol. The Balaban J connectivity index is 2.06. The topological polar surface area (TPSA) is 116 Å². The molecule has 0 aliphatic rings. The smallest absolute Gasteiger partial charge is 0.337 e. The van der Waals surface area contributed by atoms with Gasteiger partial charge in [-0.25, -0.2) is 9.78 Å².